The number of rotatable bonds is 9. The van der Waals surface area contributed by atoms with E-state index in [2.05, 4.69) is 41.5 Å². The van der Waals surface area contributed by atoms with Crippen LogP contribution in [0, 0.1) is 5.92 Å². The molecule has 0 aromatic carbocycles. The van der Waals surface area contributed by atoms with Crippen LogP contribution in [-0.2, 0) is 0 Å². The Labute approximate surface area is 123 Å². The van der Waals surface area contributed by atoms with Crippen molar-refractivity contribution >= 4 is 7.92 Å². The summed E-state index contributed by atoms with van der Waals surface area (Å²) >= 11 is 0. The number of hydrogen-bond acceptors (Lipinski definition) is 0. The summed E-state index contributed by atoms with van der Waals surface area (Å²) in [6.07, 6.45) is 9.80. The van der Waals surface area contributed by atoms with E-state index in [1.165, 1.54) is 44.9 Å². The highest BCUT2D eigenvalue weighted by Gasteiger charge is 2.27. The maximum absolute atomic E-state index is 2.45. The Morgan fingerprint density at radius 3 is 1.84 bits per heavy atom. The van der Waals surface area contributed by atoms with Gasteiger partial charge in [0.05, 0.1) is 0 Å². The molecule has 0 aromatic heterocycles. The Balaban J connectivity index is 3.00. The van der Waals surface area contributed by atoms with Gasteiger partial charge in [-0.2, -0.15) is 0 Å². The molecule has 0 N–H and O–H groups in total. The Morgan fingerprint density at radius 2 is 1.47 bits per heavy atom. The zero-order chi connectivity index (χ0) is 14.4. The van der Waals surface area contributed by atoms with Crippen molar-refractivity contribution in [2.24, 2.45) is 5.92 Å². The molecule has 0 radical (unpaired) electrons. The zero-order valence-corrected chi connectivity index (χ0v) is 15.0. The molecule has 0 bridgehead atoms. The van der Waals surface area contributed by atoms with E-state index in [0.717, 1.165) is 17.2 Å². The van der Waals surface area contributed by atoms with Crippen LogP contribution >= 0.6 is 7.92 Å². The second-order valence-electron chi connectivity index (χ2n) is 6.79. The minimum Gasteiger partial charge on any atom is -0.0746 e. The molecule has 0 amide bonds. The first-order valence-corrected chi connectivity index (χ1v) is 9.98. The summed E-state index contributed by atoms with van der Waals surface area (Å²) < 4.78 is 0. The minimum atomic E-state index is 0.0779. The largest absolute Gasteiger partial charge is 0.0746 e. The van der Waals surface area contributed by atoms with Crippen LogP contribution in [0.4, 0.5) is 0 Å². The zero-order valence-electron chi connectivity index (χ0n) is 14.1. The molecule has 0 aromatic rings. The monoisotopic (exact) mass is 282 g/mol. The van der Waals surface area contributed by atoms with Gasteiger partial charge in [-0.1, -0.05) is 67.9 Å². The molecule has 0 saturated heterocycles. The third kappa shape index (κ3) is 5.58. The molecule has 1 fully saturated rings. The van der Waals surface area contributed by atoms with Crippen LogP contribution in [0.25, 0.3) is 0 Å². The summed E-state index contributed by atoms with van der Waals surface area (Å²) in [4.78, 5) is 0. The quantitative estimate of drug-likeness (QED) is 0.402. The number of allylic oxidation sites excluding steroid dienone is 2. The molecule has 1 heteroatoms. The van der Waals surface area contributed by atoms with Crippen LogP contribution in [0.15, 0.2) is 10.9 Å². The van der Waals surface area contributed by atoms with Crippen molar-refractivity contribution < 1.29 is 0 Å². The Hall–Kier alpha value is 0.170. The van der Waals surface area contributed by atoms with Gasteiger partial charge in [0.15, 0.2) is 0 Å². The molecule has 0 aliphatic heterocycles. The van der Waals surface area contributed by atoms with Crippen LogP contribution in [-0.4, -0.2) is 11.3 Å². The predicted molar refractivity (Wildman–Crippen MR) is 91.4 cm³/mol. The standard InChI is InChI=1S/C18H35P/c1-7-9-17(13-16-11-12-16)18(10-8-2)19(14(3)4)15(5)6/h14-16H,7-13H2,1-6H3/b18-17-. The van der Waals surface area contributed by atoms with Gasteiger partial charge in [-0.15, -0.1) is 0 Å². The van der Waals surface area contributed by atoms with Crippen molar-refractivity contribution in [1.29, 1.82) is 0 Å². The topological polar surface area (TPSA) is 0 Å². The normalized spacial score (nSPS) is 17.5. The van der Waals surface area contributed by atoms with Gasteiger partial charge in [-0.25, -0.2) is 0 Å². The van der Waals surface area contributed by atoms with Crippen LogP contribution in [0.1, 0.15) is 86.5 Å². The van der Waals surface area contributed by atoms with Crippen molar-refractivity contribution in [3.8, 4) is 0 Å². The molecule has 0 unspecified atom stereocenters. The van der Waals surface area contributed by atoms with E-state index in [1.54, 1.807) is 0 Å². The molecule has 1 rings (SSSR count). The summed E-state index contributed by atoms with van der Waals surface area (Å²) in [5.74, 6) is 1.05. The lowest BCUT2D eigenvalue weighted by atomic mass is 10.0. The van der Waals surface area contributed by atoms with Crippen molar-refractivity contribution in [2.45, 2.75) is 97.8 Å². The predicted octanol–water partition coefficient (Wildman–Crippen LogP) is 6.94. The van der Waals surface area contributed by atoms with Gasteiger partial charge >= 0.3 is 0 Å². The molecule has 1 aliphatic carbocycles. The summed E-state index contributed by atoms with van der Waals surface area (Å²) in [6.45, 7) is 14.5. The lowest BCUT2D eigenvalue weighted by Crippen LogP contribution is -2.08. The van der Waals surface area contributed by atoms with Gasteiger partial charge in [0.2, 0.25) is 0 Å². The first-order chi connectivity index (χ1) is 9.01. The molecule has 1 aliphatic rings. The molecular formula is C18H35P. The van der Waals surface area contributed by atoms with E-state index < -0.39 is 0 Å². The average Bonchev–Trinajstić information content (AvgIpc) is 3.11. The molecule has 19 heavy (non-hydrogen) atoms. The van der Waals surface area contributed by atoms with Crippen molar-refractivity contribution in [2.75, 3.05) is 0 Å². The summed E-state index contributed by atoms with van der Waals surface area (Å²) in [7, 11) is 0.0779. The first-order valence-electron chi connectivity index (χ1n) is 8.50. The van der Waals surface area contributed by atoms with E-state index in [9.17, 15) is 0 Å². The highest BCUT2D eigenvalue weighted by molar-refractivity contribution is 7.63. The Bertz CT molecular complexity index is 276. The second kappa shape index (κ2) is 8.46. The minimum absolute atomic E-state index is 0.0779. The van der Waals surface area contributed by atoms with Gasteiger partial charge < -0.3 is 0 Å². The lowest BCUT2D eigenvalue weighted by molar-refractivity contribution is 0.738. The smallest absolute Gasteiger partial charge is 0.0227 e. The van der Waals surface area contributed by atoms with Crippen molar-refractivity contribution in [3.05, 3.63) is 10.9 Å². The fourth-order valence-corrected chi connectivity index (χ4v) is 6.77. The third-order valence-corrected chi connectivity index (χ3v) is 7.49. The fourth-order valence-electron chi connectivity index (χ4n) is 3.28. The van der Waals surface area contributed by atoms with Crippen LogP contribution in [0.5, 0.6) is 0 Å². The van der Waals surface area contributed by atoms with Crippen LogP contribution in [0.3, 0.4) is 0 Å². The maximum atomic E-state index is 2.45. The highest BCUT2D eigenvalue weighted by Crippen LogP contribution is 2.57. The Kier molecular flexibility index (Phi) is 7.66. The molecular weight excluding hydrogens is 247 g/mol. The molecule has 1 saturated carbocycles. The first kappa shape index (κ1) is 17.2. The van der Waals surface area contributed by atoms with Gasteiger partial charge in [0.25, 0.3) is 0 Å². The summed E-state index contributed by atoms with van der Waals surface area (Å²) in [5.41, 5.74) is 3.57. The van der Waals surface area contributed by atoms with E-state index in [1.807, 2.05) is 10.9 Å². The van der Waals surface area contributed by atoms with E-state index >= 15 is 0 Å². The van der Waals surface area contributed by atoms with Crippen LogP contribution in [0.2, 0.25) is 0 Å². The second-order valence-corrected chi connectivity index (χ2v) is 10.2. The van der Waals surface area contributed by atoms with E-state index in [0.29, 0.717) is 0 Å². The summed E-state index contributed by atoms with van der Waals surface area (Å²) in [6, 6.07) is 0. The van der Waals surface area contributed by atoms with Gasteiger partial charge in [-0.3, -0.25) is 0 Å². The Morgan fingerprint density at radius 1 is 0.947 bits per heavy atom. The van der Waals surface area contributed by atoms with Crippen LogP contribution < -0.4 is 0 Å². The molecule has 112 valence electrons. The number of hydrogen-bond donors (Lipinski definition) is 0. The molecule has 0 spiro atoms. The van der Waals surface area contributed by atoms with Gasteiger partial charge in [-0.05, 0) is 54.7 Å². The van der Waals surface area contributed by atoms with Crippen molar-refractivity contribution in [1.82, 2.24) is 0 Å². The summed E-state index contributed by atoms with van der Waals surface area (Å²) in [5, 5.41) is 1.91. The van der Waals surface area contributed by atoms with Gasteiger partial charge in [0.1, 0.15) is 0 Å². The van der Waals surface area contributed by atoms with E-state index in [4.69, 9.17) is 0 Å². The van der Waals surface area contributed by atoms with Crippen molar-refractivity contribution in [3.63, 3.8) is 0 Å². The highest BCUT2D eigenvalue weighted by atomic mass is 31.1. The molecule has 0 heterocycles. The third-order valence-electron chi connectivity index (χ3n) is 4.10. The molecule has 0 nitrogen and oxygen atoms in total. The maximum Gasteiger partial charge on any atom is -0.0227 e. The fraction of sp³-hybridized carbons (Fsp3) is 0.889. The average molecular weight is 282 g/mol. The molecule has 0 atom stereocenters. The lowest BCUT2D eigenvalue weighted by Gasteiger charge is -2.31. The van der Waals surface area contributed by atoms with E-state index in [-0.39, 0.29) is 7.92 Å². The SMILES string of the molecule is CCC/C(CC1CC1)=C(\CCC)P(C(C)C)C(C)C. The van der Waals surface area contributed by atoms with Gasteiger partial charge in [0, 0.05) is 0 Å².